The standard InChI is InChI=1S/C11H16N2O2S2/c1-2-7-3-4-8(10(14)15)9(5-7)16-11-12-6-13-17-11/h6-9H,2-5H2,1H3,(H,14,15). The lowest BCUT2D eigenvalue weighted by Crippen LogP contribution is -2.32. The summed E-state index contributed by atoms with van der Waals surface area (Å²) in [6.07, 6.45) is 5.49. The molecular formula is C11H16N2O2S2. The molecule has 1 aromatic rings. The smallest absolute Gasteiger partial charge is 0.307 e. The number of aromatic nitrogens is 2. The Morgan fingerprint density at radius 1 is 1.65 bits per heavy atom. The molecule has 0 aliphatic heterocycles. The number of hydrogen-bond acceptors (Lipinski definition) is 5. The van der Waals surface area contributed by atoms with Gasteiger partial charge < -0.3 is 5.11 Å². The maximum Gasteiger partial charge on any atom is 0.307 e. The van der Waals surface area contributed by atoms with Crippen molar-refractivity contribution in [2.24, 2.45) is 11.8 Å². The van der Waals surface area contributed by atoms with Crippen LogP contribution in [0.15, 0.2) is 10.7 Å². The molecule has 1 N–H and O–H groups in total. The van der Waals surface area contributed by atoms with Gasteiger partial charge in [0.1, 0.15) is 6.33 Å². The molecule has 0 amide bonds. The molecule has 1 aromatic heterocycles. The summed E-state index contributed by atoms with van der Waals surface area (Å²) in [4.78, 5) is 15.4. The Labute approximate surface area is 109 Å². The van der Waals surface area contributed by atoms with Gasteiger partial charge in [0, 0.05) is 5.25 Å². The van der Waals surface area contributed by atoms with E-state index in [-0.39, 0.29) is 11.2 Å². The van der Waals surface area contributed by atoms with Gasteiger partial charge in [-0.2, -0.15) is 4.37 Å². The zero-order valence-corrected chi connectivity index (χ0v) is 11.3. The molecule has 94 valence electrons. The van der Waals surface area contributed by atoms with Gasteiger partial charge in [0.15, 0.2) is 4.34 Å². The minimum Gasteiger partial charge on any atom is -0.481 e. The fraction of sp³-hybridized carbons (Fsp3) is 0.727. The van der Waals surface area contributed by atoms with E-state index in [1.807, 2.05) is 0 Å². The molecular weight excluding hydrogens is 256 g/mol. The van der Waals surface area contributed by atoms with Crippen LogP contribution in [0.4, 0.5) is 0 Å². The van der Waals surface area contributed by atoms with E-state index < -0.39 is 5.97 Å². The summed E-state index contributed by atoms with van der Waals surface area (Å²) in [7, 11) is 0. The molecule has 3 atom stereocenters. The molecule has 1 aliphatic carbocycles. The van der Waals surface area contributed by atoms with Crippen LogP contribution in [-0.4, -0.2) is 25.7 Å². The Morgan fingerprint density at radius 3 is 3.06 bits per heavy atom. The predicted octanol–water partition coefficient (Wildman–Crippen LogP) is 2.91. The highest BCUT2D eigenvalue weighted by atomic mass is 32.2. The van der Waals surface area contributed by atoms with Crippen molar-refractivity contribution in [1.29, 1.82) is 0 Å². The maximum atomic E-state index is 11.2. The van der Waals surface area contributed by atoms with Gasteiger partial charge in [-0.05, 0) is 36.7 Å². The summed E-state index contributed by atoms with van der Waals surface area (Å²) in [5.41, 5.74) is 0. The highest BCUT2D eigenvalue weighted by molar-refractivity contribution is 8.01. The number of aliphatic carboxylic acids is 1. The van der Waals surface area contributed by atoms with Crippen LogP contribution >= 0.6 is 23.3 Å². The Kier molecular flexibility index (Phi) is 4.39. The van der Waals surface area contributed by atoms with E-state index >= 15 is 0 Å². The van der Waals surface area contributed by atoms with Crippen LogP contribution in [0.3, 0.4) is 0 Å². The molecule has 0 aromatic carbocycles. The van der Waals surface area contributed by atoms with Crippen molar-refractivity contribution in [3.05, 3.63) is 6.33 Å². The first-order valence-electron chi connectivity index (χ1n) is 5.86. The summed E-state index contributed by atoms with van der Waals surface area (Å²) in [6.45, 7) is 2.18. The second kappa shape index (κ2) is 5.82. The molecule has 6 heteroatoms. The number of hydrogen-bond donors (Lipinski definition) is 1. The van der Waals surface area contributed by atoms with E-state index in [0.29, 0.717) is 5.92 Å². The Hall–Kier alpha value is -0.620. The zero-order chi connectivity index (χ0) is 12.3. The second-order valence-electron chi connectivity index (χ2n) is 4.40. The summed E-state index contributed by atoms with van der Waals surface area (Å²) < 4.78 is 4.85. The molecule has 1 saturated carbocycles. The van der Waals surface area contributed by atoms with Crippen molar-refractivity contribution in [2.75, 3.05) is 0 Å². The molecule has 2 rings (SSSR count). The second-order valence-corrected chi connectivity index (χ2v) is 6.66. The molecule has 1 aliphatic rings. The van der Waals surface area contributed by atoms with Gasteiger partial charge in [-0.1, -0.05) is 25.1 Å². The zero-order valence-electron chi connectivity index (χ0n) is 9.70. The summed E-state index contributed by atoms with van der Waals surface area (Å²) in [6, 6.07) is 0. The first kappa shape index (κ1) is 12.8. The summed E-state index contributed by atoms with van der Waals surface area (Å²) >= 11 is 2.94. The first-order chi connectivity index (χ1) is 8.20. The number of nitrogens with zero attached hydrogens (tertiary/aromatic N) is 2. The fourth-order valence-electron chi connectivity index (χ4n) is 2.34. The Morgan fingerprint density at radius 2 is 2.47 bits per heavy atom. The predicted molar refractivity (Wildman–Crippen MR) is 68.3 cm³/mol. The van der Waals surface area contributed by atoms with Crippen molar-refractivity contribution in [2.45, 2.75) is 42.2 Å². The van der Waals surface area contributed by atoms with Gasteiger partial charge in [-0.3, -0.25) is 4.79 Å². The lowest BCUT2D eigenvalue weighted by Gasteiger charge is -2.32. The third-order valence-corrected chi connectivity index (χ3v) is 5.49. The lowest BCUT2D eigenvalue weighted by atomic mass is 9.80. The van der Waals surface area contributed by atoms with Gasteiger partial charge in [0.2, 0.25) is 0 Å². The van der Waals surface area contributed by atoms with Crippen LogP contribution in [0.25, 0.3) is 0 Å². The average Bonchev–Trinajstić information content (AvgIpc) is 2.81. The topological polar surface area (TPSA) is 63.1 Å². The van der Waals surface area contributed by atoms with E-state index in [9.17, 15) is 9.90 Å². The first-order valence-corrected chi connectivity index (χ1v) is 7.52. The van der Waals surface area contributed by atoms with Crippen LogP contribution in [0, 0.1) is 11.8 Å². The molecule has 4 nitrogen and oxygen atoms in total. The van der Waals surface area contributed by atoms with Crippen LogP contribution in [-0.2, 0) is 4.79 Å². The number of carboxylic acid groups (broad SMARTS) is 1. The molecule has 17 heavy (non-hydrogen) atoms. The molecule has 3 unspecified atom stereocenters. The third kappa shape index (κ3) is 3.19. The van der Waals surface area contributed by atoms with Gasteiger partial charge in [0.25, 0.3) is 0 Å². The SMILES string of the molecule is CCC1CCC(C(=O)O)C(Sc2ncns2)C1. The molecule has 0 spiro atoms. The Bertz CT molecular complexity index is 370. The third-order valence-electron chi connectivity index (χ3n) is 3.39. The van der Waals surface area contributed by atoms with E-state index in [1.165, 1.54) is 17.9 Å². The van der Waals surface area contributed by atoms with Gasteiger partial charge in [-0.15, -0.1) is 0 Å². The molecule has 1 heterocycles. The molecule has 1 fully saturated rings. The number of thioether (sulfide) groups is 1. The van der Waals surface area contributed by atoms with Gasteiger partial charge in [-0.25, -0.2) is 4.98 Å². The van der Waals surface area contributed by atoms with Crippen LogP contribution in [0.5, 0.6) is 0 Å². The number of rotatable bonds is 4. The van der Waals surface area contributed by atoms with E-state index in [4.69, 9.17) is 0 Å². The van der Waals surface area contributed by atoms with Gasteiger partial charge >= 0.3 is 5.97 Å². The van der Waals surface area contributed by atoms with Crippen molar-refractivity contribution in [1.82, 2.24) is 9.36 Å². The quantitative estimate of drug-likeness (QED) is 0.913. The number of carboxylic acids is 1. The fourth-order valence-corrected chi connectivity index (χ4v) is 4.44. The summed E-state index contributed by atoms with van der Waals surface area (Å²) in [5.74, 6) is -0.232. The van der Waals surface area contributed by atoms with Crippen LogP contribution < -0.4 is 0 Å². The molecule has 0 radical (unpaired) electrons. The maximum absolute atomic E-state index is 11.2. The van der Waals surface area contributed by atoms with Crippen molar-refractivity contribution >= 4 is 29.3 Å². The number of carbonyl (C=O) groups is 1. The van der Waals surface area contributed by atoms with Crippen molar-refractivity contribution < 1.29 is 9.90 Å². The van der Waals surface area contributed by atoms with Crippen molar-refractivity contribution in [3.63, 3.8) is 0 Å². The largest absolute Gasteiger partial charge is 0.481 e. The summed E-state index contributed by atoms with van der Waals surface area (Å²) in [5, 5.41) is 9.40. The van der Waals surface area contributed by atoms with E-state index in [2.05, 4.69) is 16.3 Å². The monoisotopic (exact) mass is 272 g/mol. The van der Waals surface area contributed by atoms with Crippen LogP contribution in [0.2, 0.25) is 0 Å². The highest BCUT2D eigenvalue weighted by Crippen LogP contribution is 2.41. The van der Waals surface area contributed by atoms with Crippen LogP contribution in [0.1, 0.15) is 32.6 Å². The Balaban J connectivity index is 2.05. The van der Waals surface area contributed by atoms with E-state index in [1.54, 1.807) is 11.8 Å². The molecule has 0 saturated heterocycles. The van der Waals surface area contributed by atoms with Crippen molar-refractivity contribution in [3.8, 4) is 0 Å². The normalized spacial score (nSPS) is 29.1. The average molecular weight is 272 g/mol. The van der Waals surface area contributed by atoms with Gasteiger partial charge in [0.05, 0.1) is 5.92 Å². The van der Waals surface area contributed by atoms with E-state index in [0.717, 1.165) is 30.0 Å². The lowest BCUT2D eigenvalue weighted by molar-refractivity contribution is -0.142. The molecule has 0 bridgehead atoms. The minimum absolute atomic E-state index is 0.152. The highest BCUT2D eigenvalue weighted by Gasteiger charge is 2.35. The minimum atomic E-state index is -0.665.